The van der Waals surface area contributed by atoms with Crippen molar-refractivity contribution < 1.29 is 9.84 Å². The summed E-state index contributed by atoms with van der Waals surface area (Å²) in [6.45, 7) is 1.18. The summed E-state index contributed by atoms with van der Waals surface area (Å²) in [7, 11) is 0. The number of H-pyrrole nitrogens is 2. The van der Waals surface area contributed by atoms with Crippen LogP contribution >= 0.6 is 0 Å². The molecule has 0 spiro atoms. The predicted molar refractivity (Wildman–Crippen MR) is 59.0 cm³/mol. The van der Waals surface area contributed by atoms with Gasteiger partial charge in [-0.2, -0.15) is 0 Å². The second-order valence-corrected chi connectivity index (χ2v) is 4.05. The van der Waals surface area contributed by atoms with Gasteiger partial charge in [0.25, 0.3) is 5.56 Å². The molecular weight excluding hydrogens is 228 g/mol. The van der Waals surface area contributed by atoms with Gasteiger partial charge < -0.3 is 15.2 Å². The van der Waals surface area contributed by atoms with Gasteiger partial charge in [0.1, 0.15) is 0 Å². The first-order valence-corrected chi connectivity index (χ1v) is 5.32. The molecule has 2 heterocycles. The van der Waals surface area contributed by atoms with Crippen molar-refractivity contribution in [2.45, 2.75) is 18.4 Å². The van der Waals surface area contributed by atoms with E-state index in [0.717, 1.165) is 0 Å². The van der Waals surface area contributed by atoms with Crippen molar-refractivity contribution in [2.75, 3.05) is 25.1 Å². The summed E-state index contributed by atoms with van der Waals surface area (Å²) < 4.78 is 5.14. The van der Waals surface area contributed by atoms with E-state index in [-0.39, 0.29) is 12.4 Å². The molecule has 94 valence electrons. The highest BCUT2D eigenvalue weighted by Gasteiger charge is 2.29. The maximum Gasteiger partial charge on any atom is 0.342 e. The Balaban J connectivity index is 2.02. The minimum Gasteiger partial charge on any atom is -0.388 e. The van der Waals surface area contributed by atoms with Crippen molar-refractivity contribution in [3.8, 4) is 0 Å². The molecule has 2 rings (SSSR count). The molecule has 0 aromatic carbocycles. The number of hydrogen-bond donors (Lipinski definition) is 4. The first kappa shape index (κ1) is 11.8. The molecule has 1 aliphatic heterocycles. The highest BCUT2D eigenvalue weighted by atomic mass is 16.5. The van der Waals surface area contributed by atoms with Gasteiger partial charge in [0.15, 0.2) is 0 Å². The fraction of sp³-hybridized carbons (Fsp3) is 0.667. The van der Waals surface area contributed by atoms with Crippen LogP contribution in [-0.2, 0) is 4.74 Å². The van der Waals surface area contributed by atoms with Gasteiger partial charge in [-0.25, -0.2) is 9.89 Å². The molecule has 1 aromatic heterocycles. The number of aliphatic hydroxyl groups is 1. The lowest BCUT2D eigenvalue weighted by atomic mass is 9.94. The van der Waals surface area contributed by atoms with E-state index in [1.165, 1.54) is 0 Å². The Hall–Kier alpha value is -1.67. The summed E-state index contributed by atoms with van der Waals surface area (Å²) >= 11 is 0. The molecule has 17 heavy (non-hydrogen) atoms. The summed E-state index contributed by atoms with van der Waals surface area (Å²) in [6, 6.07) is 0. The van der Waals surface area contributed by atoms with Crippen LogP contribution in [0.15, 0.2) is 9.59 Å². The Kier molecular flexibility index (Phi) is 3.25. The van der Waals surface area contributed by atoms with Gasteiger partial charge in [-0.05, 0) is 0 Å². The second kappa shape index (κ2) is 4.68. The standard InChI is InChI=1S/C9H14N4O4/c14-7-6(12-13-8(15)11-7)10-5-9(16)1-3-17-4-2-9/h16H,1-5H2,(H,10,12)(H2,11,13,14,15). The van der Waals surface area contributed by atoms with Gasteiger partial charge in [-0.1, -0.05) is 0 Å². The Bertz CT molecular complexity index is 488. The summed E-state index contributed by atoms with van der Waals surface area (Å²) in [5, 5.41) is 18.5. The maximum absolute atomic E-state index is 11.3. The number of rotatable bonds is 3. The highest BCUT2D eigenvalue weighted by molar-refractivity contribution is 5.29. The van der Waals surface area contributed by atoms with Gasteiger partial charge >= 0.3 is 5.69 Å². The van der Waals surface area contributed by atoms with E-state index < -0.39 is 16.9 Å². The van der Waals surface area contributed by atoms with Crippen molar-refractivity contribution in [2.24, 2.45) is 0 Å². The van der Waals surface area contributed by atoms with E-state index in [9.17, 15) is 14.7 Å². The van der Waals surface area contributed by atoms with Gasteiger partial charge in [0.2, 0.25) is 5.82 Å². The minimum absolute atomic E-state index is 0.00971. The van der Waals surface area contributed by atoms with E-state index >= 15 is 0 Å². The molecule has 1 saturated heterocycles. The fourth-order valence-electron chi connectivity index (χ4n) is 1.64. The molecule has 0 aliphatic carbocycles. The third-order valence-electron chi connectivity index (χ3n) is 2.72. The molecule has 0 radical (unpaired) electrons. The zero-order chi connectivity index (χ0) is 12.3. The van der Waals surface area contributed by atoms with Crippen LogP contribution in [0.1, 0.15) is 12.8 Å². The minimum atomic E-state index is -0.900. The zero-order valence-corrected chi connectivity index (χ0v) is 9.15. The number of anilines is 1. The quantitative estimate of drug-likeness (QED) is 0.507. The largest absolute Gasteiger partial charge is 0.388 e. The number of aromatic nitrogens is 3. The molecule has 0 amide bonds. The Morgan fingerprint density at radius 3 is 2.76 bits per heavy atom. The Morgan fingerprint density at radius 1 is 1.41 bits per heavy atom. The molecule has 0 saturated carbocycles. The van der Waals surface area contributed by atoms with Gasteiger partial charge in [0, 0.05) is 32.6 Å². The van der Waals surface area contributed by atoms with Crippen LogP contribution in [0.25, 0.3) is 0 Å². The summed E-state index contributed by atoms with van der Waals surface area (Å²) in [4.78, 5) is 24.1. The van der Waals surface area contributed by atoms with Gasteiger partial charge in [-0.3, -0.25) is 9.78 Å². The van der Waals surface area contributed by atoms with E-state index in [0.29, 0.717) is 26.1 Å². The first-order valence-electron chi connectivity index (χ1n) is 5.32. The van der Waals surface area contributed by atoms with Crippen molar-refractivity contribution in [3.63, 3.8) is 0 Å². The monoisotopic (exact) mass is 242 g/mol. The zero-order valence-electron chi connectivity index (χ0n) is 9.15. The maximum atomic E-state index is 11.3. The van der Waals surface area contributed by atoms with Crippen LogP contribution in [0.4, 0.5) is 5.82 Å². The summed E-state index contributed by atoms with van der Waals surface area (Å²) in [5.41, 5.74) is -2.17. The lowest BCUT2D eigenvalue weighted by Gasteiger charge is -2.31. The molecule has 1 fully saturated rings. The first-order chi connectivity index (χ1) is 8.09. The summed E-state index contributed by atoms with van der Waals surface area (Å²) in [6.07, 6.45) is 1.00. The molecule has 8 nitrogen and oxygen atoms in total. The third-order valence-corrected chi connectivity index (χ3v) is 2.72. The topological polar surface area (TPSA) is 120 Å². The lowest BCUT2D eigenvalue weighted by Crippen LogP contribution is -2.43. The number of ether oxygens (including phenoxy) is 1. The average molecular weight is 242 g/mol. The van der Waals surface area contributed by atoms with Crippen LogP contribution in [0, 0.1) is 0 Å². The van der Waals surface area contributed by atoms with Gasteiger partial charge in [0.05, 0.1) is 5.60 Å². The lowest BCUT2D eigenvalue weighted by molar-refractivity contribution is -0.0544. The summed E-state index contributed by atoms with van der Waals surface area (Å²) in [5.74, 6) is -0.00971. The smallest absolute Gasteiger partial charge is 0.342 e. The molecular formula is C9H14N4O4. The predicted octanol–water partition coefficient (Wildman–Crippen LogP) is -1.59. The van der Waals surface area contributed by atoms with Crippen LogP contribution < -0.4 is 16.6 Å². The van der Waals surface area contributed by atoms with Crippen LogP contribution in [-0.4, -0.2) is 45.6 Å². The highest BCUT2D eigenvalue weighted by Crippen LogP contribution is 2.20. The van der Waals surface area contributed by atoms with Crippen molar-refractivity contribution >= 4 is 5.82 Å². The van der Waals surface area contributed by atoms with Crippen LogP contribution in [0.3, 0.4) is 0 Å². The molecule has 1 aromatic rings. The van der Waals surface area contributed by atoms with Crippen LogP contribution in [0.5, 0.6) is 0 Å². The molecule has 0 bridgehead atoms. The molecule has 8 heteroatoms. The van der Waals surface area contributed by atoms with E-state index in [1.54, 1.807) is 0 Å². The average Bonchev–Trinajstić information content (AvgIpc) is 2.29. The number of nitrogens with one attached hydrogen (secondary N) is 3. The molecule has 1 aliphatic rings. The fourth-order valence-corrected chi connectivity index (χ4v) is 1.64. The van der Waals surface area contributed by atoms with Crippen LogP contribution in [0.2, 0.25) is 0 Å². The van der Waals surface area contributed by atoms with Crippen molar-refractivity contribution in [1.29, 1.82) is 0 Å². The molecule has 4 N–H and O–H groups in total. The number of nitrogens with zero attached hydrogens (tertiary/aromatic N) is 1. The Morgan fingerprint density at radius 2 is 2.12 bits per heavy atom. The van der Waals surface area contributed by atoms with Crippen molar-refractivity contribution in [1.82, 2.24) is 15.2 Å². The number of hydrogen-bond acceptors (Lipinski definition) is 6. The third kappa shape index (κ3) is 2.92. The van der Waals surface area contributed by atoms with E-state index in [1.807, 2.05) is 4.98 Å². The second-order valence-electron chi connectivity index (χ2n) is 4.05. The molecule has 0 unspecified atom stereocenters. The van der Waals surface area contributed by atoms with Gasteiger partial charge in [-0.15, -0.1) is 5.10 Å². The van der Waals surface area contributed by atoms with E-state index in [2.05, 4.69) is 15.5 Å². The SMILES string of the molecule is O=c1[nH]nc(NCC2(O)CCOCC2)c(=O)[nH]1. The normalized spacial score (nSPS) is 18.9. The number of aromatic amines is 2. The van der Waals surface area contributed by atoms with Crippen molar-refractivity contribution in [3.05, 3.63) is 20.8 Å². The Labute approximate surface area is 96.0 Å². The van der Waals surface area contributed by atoms with E-state index in [4.69, 9.17) is 4.74 Å². The molecule has 0 atom stereocenters.